The Bertz CT molecular complexity index is 1320. The number of halogens is 2. The average molecular weight is 511 g/mol. The Labute approximate surface area is 216 Å². The number of fused-ring (bicyclic) bond motifs is 2. The average Bonchev–Trinajstić information content (AvgIpc) is 3.42. The van der Waals surface area contributed by atoms with Crippen molar-refractivity contribution in [3.05, 3.63) is 48.2 Å². The third-order valence-corrected chi connectivity index (χ3v) is 11.2. The molecule has 3 heterocycles. The summed E-state index contributed by atoms with van der Waals surface area (Å²) in [6.07, 6.45) is 3.11. The van der Waals surface area contributed by atoms with E-state index in [2.05, 4.69) is 36.2 Å². The van der Waals surface area contributed by atoms with Crippen LogP contribution < -0.4 is 0 Å². The molecule has 1 aromatic carbocycles. The number of aliphatic hydroxyl groups excluding tert-OH is 2. The van der Waals surface area contributed by atoms with Crippen molar-refractivity contribution >= 4 is 16.5 Å². The first-order valence-electron chi connectivity index (χ1n) is 13.7. The zero-order chi connectivity index (χ0) is 26.0. The molecule has 3 unspecified atom stereocenters. The Hall–Kier alpha value is -1.93. The summed E-state index contributed by atoms with van der Waals surface area (Å²) in [4.78, 5) is 6.27. The van der Waals surface area contributed by atoms with Crippen LogP contribution in [-0.2, 0) is 4.74 Å². The number of benzene rings is 1. The smallest absolute Gasteiger partial charge is 0.171 e. The van der Waals surface area contributed by atoms with Gasteiger partial charge in [-0.05, 0) is 87.4 Å². The van der Waals surface area contributed by atoms with Gasteiger partial charge in [-0.15, -0.1) is 0 Å². The first-order chi connectivity index (χ1) is 17.5. The lowest BCUT2D eigenvalue weighted by Crippen LogP contribution is -2.78. The monoisotopic (exact) mass is 510 g/mol. The van der Waals surface area contributed by atoms with E-state index in [1.807, 2.05) is 31.1 Å². The summed E-state index contributed by atoms with van der Waals surface area (Å²) in [5.74, 6) is -0.121. The van der Waals surface area contributed by atoms with Crippen LogP contribution in [0, 0.1) is 11.3 Å². The molecule has 2 saturated carbocycles. The van der Waals surface area contributed by atoms with E-state index in [4.69, 9.17) is 4.74 Å². The van der Waals surface area contributed by atoms with Gasteiger partial charge in [0.15, 0.2) is 5.67 Å². The highest BCUT2D eigenvalue weighted by Gasteiger charge is 2.82. The minimum absolute atomic E-state index is 0.121. The number of pyridine rings is 1. The fourth-order valence-electron chi connectivity index (χ4n) is 9.22. The molecule has 0 amide bonds. The van der Waals surface area contributed by atoms with Crippen LogP contribution in [0.2, 0.25) is 0 Å². The summed E-state index contributed by atoms with van der Waals surface area (Å²) < 4.78 is 41.0. The molecule has 198 valence electrons. The first-order valence-corrected chi connectivity index (χ1v) is 13.7. The molecular formula is C30H36F2N2O3. The zero-order valence-corrected chi connectivity index (χ0v) is 21.8. The molecule has 1 aromatic heterocycles. The molecule has 4 fully saturated rings. The van der Waals surface area contributed by atoms with Crippen molar-refractivity contribution in [1.82, 2.24) is 9.88 Å². The third kappa shape index (κ3) is 2.79. The van der Waals surface area contributed by atoms with Crippen LogP contribution in [0.1, 0.15) is 57.4 Å². The van der Waals surface area contributed by atoms with Crippen LogP contribution in [0.4, 0.5) is 8.78 Å². The van der Waals surface area contributed by atoms with Gasteiger partial charge in [-0.1, -0.05) is 25.1 Å². The number of likely N-dealkylation sites (N-methyl/N-ethyl adjacent to an activating group) is 1. The van der Waals surface area contributed by atoms with Crippen LogP contribution >= 0.6 is 0 Å². The van der Waals surface area contributed by atoms with E-state index in [1.54, 1.807) is 6.20 Å². The number of allylic oxidation sites excluding steroid dienone is 2. The van der Waals surface area contributed by atoms with E-state index in [0.29, 0.717) is 25.7 Å². The lowest BCUT2D eigenvalue weighted by Gasteiger charge is -2.65. The predicted octanol–water partition coefficient (Wildman–Crippen LogP) is 4.60. The maximum absolute atomic E-state index is 17.2. The minimum Gasteiger partial charge on any atom is -0.389 e. The molecule has 9 atom stereocenters. The van der Waals surface area contributed by atoms with Crippen molar-refractivity contribution in [3.8, 4) is 0 Å². The largest absolute Gasteiger partial charge is 0.389 e. The molecule has 3 aliphatic carbocycles. The maximum atomic E-state index is 17.2. The number of ether oxygens (including phenoxy) is 1. The lowest BCUT2D eigenvalue weighted by molar-refractivity contribution is -0.347. The second kappa shape index (κ2) is 7.38. The van der Waals surface area contributed by atoms with Gasteiger partial charge in [0, 0.05) is 30.0 Å². The molecule has 2 bridgehead atoms. The Balaban J connectivity index is 1.29. The fraction of sp³-hybridized carbons (Fsp3) is 0.633. The highest BCUT2D eigenvalue weighted by molar-refractivity contribution is 5.85. The molecule has 7 heteroatoms. The maximum Gasteiger partial charge on any atom is 0.171 e. The van der Waals surface area contributed by atoms with Crippen molar-refractivity contribution in [2.75, 3.05) is 14.1 Å². The second-order valence-electron chi connectivity index (χ2n) is 12.9. The van der Waals surface area contributed by atoms with Gasteiger partial charge in [0.05, 0.1) is 11.6 Å². The first kappa shape index (κ1) is 24.1. The Morgan fingerprint density at radius 3 is 2.68 bits per heavy atom. The van der Waals surface area contributed by atoms with Crippen molar-refractivity contribution < 1.29 is 23.7 Å². The van der Waals surface area contributed by atoms with Gasteiger partial charge in [0.25, 0.3) is 0 Å². The lowest BCUT2D eigenvalue weighted by atomic mass is 9.51. The normalized spacial score (nSPS) is 48.5. The number of hydrogen-bond donors (Lipinski definition) is 2. The molecule has 2 aromatic rings. The number of nitrogens with zero attached hydrogens (tertiary/aromatic N) is 2. The van der Waals surface area contributed by atoms with Crippen molar-refractivity contribution in [1.29, 1.82) is 0 Å². The highest BCUT2D eigenvalue weighted by atomic mass is 19.2. The van der Waals surface area contributed by atoms with Crippen LogP contribution in [0.25, 0.3) is 16.5 Å². The molecule has 37 heavy (non-hydrogen) atoms. The van der Waals surface area contributed by atoms with E-state index in [1.165, 1.54) is 5.57 Å². The Morgan fingerprint density at radius 2 is 1.89 bits per heavy atom. The molecule has 2 N–H and O–H groups in total. The van der Waals surface area contributed by atoms with Crippen molar-refractivity contribution in [2.24, 2.45) is 11.3 Å². The number of hydrogen-bond acceptors (Lipinski definition) is 5. The fourth-order valence-corrected chi connectivity index (χ4v) is 9.22. The van der Waals surface area contributed by atoms with Gasteiger partial charge in [-0.25, -0.2) is 8.78 Å². The van der Waals surface area contributed by atoms with Crippen LogP contribution in [0.3, 0.4) is 0 Å². The molecular weight excluding hydrogens is 474 g/mol. The quantitative estimate of drug-likeness (QED) is 0.618. The van der Waals surface area contributed by atoms with E-state index < -0.39 is 47.2 Å². The van der Waals surface area contributed by atoms with E-state index in [-0.39, 0.29) is 24.2 Å². The zero-order valence-electron chi connectivity index (χ0n) is 21.8. The van der Waals surface area contributed by atoms with E-state index in [0.717, 1.165) is 16.5 Å². The van der Waals surface area contributed by atoms with Crippen molar-refractivity contribution in [2.45, 2.75) is 92.7 Å². The van der Waals surface area contributed by atoms with E-state index in [9.17, 15) is 10.2 Å². The standard InChI is InChI=1S/C30H36F2N2O3/c1-26-10-11-27(31)17-29(32)25(36)24(35)22(34(2)3)16-28(29)12-13-30(27,37-28)23(26)9-7-20(26)18-6-8-21-19(15-18)5-4-14-33-21/h4-8,14-15,22-25,35-36H,9-13,16-17H2,1-3H3/t22-,23?,24+,25-,26+,27?,28+,29?,30-/m0/s1. The van der Waals surface area contributed by atoms with E-state index >= 15 is 8.78 Å². The number of rotatable bonds is 2. The second-order valence-corrected chi connectivity index (χ2v) is 12.9. The molecule has 5 nitrogen and oxygen atoms in total. The highest BCUT2D eigenvalue weighted by Crippen LogP contribution is 2.74. The van der Waals surface area contributed by atoms with Crippen LogP contribution in [0.15, 0.2) is 42.6 Å². The molecule has 2 saturated heterocycles. The van der Waals surface area contributed by atoms with Gasteiger partial charge in [0.1, 0.15) is 23.0 Å². The summed E-state index contributed by atoms with van der Waals surface area (Å²) in [7, 11) is 3.64. The Morgan fingerprint density at radius 1 is 1.08 bits per heavy atom. The van der Waals surface area contributed by atoms with Crippen LogP contribution in [-0.4, -0.2) is 75.0 Å². The molecule has 2 spiro atoms. The van der Waals surface area contributed by atoms with Gasteiger partial charge in [-0.2, -0.15) is 0 Å². The number of aliphatic hydroxyl groups is 2. The minimum atomic E-state index is -2.32. The number of aromatic nitrogens is 1. The molecule has 2 aliphatic heterocycles. The van der Waals surface area contributed by atoms with Gasteiger partial charge in [-0.3, -0.25) is 4.98 Å². The Kier molecular flexibility index (Phi) is 4.81. The topological polar surface area (TPSA) is 65.8 Å². The number of alkyl halides is 2. The molecule has 5 aliphatic rings. The summed E-state index contributed by atoms with van der Waals surface area (Å²) in [5.41, 5.74) is -3.64. The molecule has 7 rings (SSSR count). The predicted molar refractivity (Wildman–Crippen MR) is 137 cm³/mol. The summed E-state index contributed by atoms with van der Waals surface area (Å²) in [6, 6.07) is 9.85. The van der Waals surface area contributed by atoms with Crippen molar-refractivity contribution in [3.63, 3.8) is 0 Å². The summed E-state index contributed by atoms with van der Waals surface area (Å²) in [5, 5.41) is 23.0. The summed E-state index contributed by atoms with van der Waals surface area (Å²) in [6.45, 7) is 2.23. The SMILES string of the molecule is CN(C)[C@H]1C[C@@]23CC[C@]4(O2)C2CC=C(c5ccc6ncccc6c5)[C@@]2(C)CCC4(F)CC3(F)[C@@H](O)[C@@H]1O. The van der Waals surface area contributed by atoms with Crippen LogP contribution in [0.5, 0.6) is 0 Å². The van der Waals surface area contributed by atoms with Gasteiger partial charge in [0.2, 0.25) is 0 Å². The third-order valence-electron chi connectivity index (χ3n) is 11.2. The van der Waals surface area contributed by atoms with Gasteiger partial charge >= 0.3 is 0 Å². The summed E-state index contributed by atoms with van der Waals surface area (Å²) >= 11 is 0. The van der Waals surface area contributed by atoms with Gasteiger partial charge < -0.3 is 19.8 Å². The molecule has 0 radical (unpaired) electrons.